The maximum absolute atomic E-state index is 5.63. The van der Waals surface area contributed by atoms with Crippen molar-refractivity contribution in [3.05, 3.63) is 0 Å². The molecule has 12 heavy (non-hydrogen) atoms. The van der Waals surface area contributed by atoms with Gasteiger partial charge in [0.1, 0.15) is 0 Å². The van der Waals surface area contributed by atoms with Crippen LogP contribution in [-0.2, 0) is 4.74 Å². The van der Waals surface area contributed by atoms with Gasteiger partial charge in [0, 0.05) is 6.61 Å². The zero-order valence-corrected chi connectivity index (χ0v) is 7.49. The van der Waals surface area contributed by atoms with Crippen LogP contribution in [0.2, 0.25) is 0 Å². The van der Waals surface area contributed by atoms with Crippen molar-refractivity contribution in [1.29, 1.82) is 0 Å². The van der Waals surface area contributed by atoms with Crippen LogP contribution in [0.5, 0.6) is 0 Å². The molecule has 0 radical (unpaired) electrons. The second-order valence-electron chi connectivity index (χ2n) is 3.80. The topological polar surface area (TPSA) is 47.6 Å². The predicted octanol–water partition coefficient (Wildman–Crippen LogP) is 0.931. The van der Waals surface area contributed by atoms with E-state index in [-0.39, 0.29) is 0 Å². The van der Waals surface area contributed by atoms with Gasteiger partial charge in [0.05, 0.1) is 18.0 Å². The van der Waals surface area contributed by atoms with E-state index < -0.39 is 0 Å². The fourth-order valence-corrected chi connectivity index (χ4v) is 1.87. The minimum Gasteiger partial charge on any atom is -0.388 e. The SMILES string of the molecule is CC(N)=NC1CCOC1C1CC1. The first-order chi connectivity index (χ1) is 5.77. The predicted molar refractivity (Wildman–Crippen MR) is 48.2 cm³/mol. The van der Waals surface area contributed by atoms with E-state index in [1.54, 1.807) is 0 Å². The monoisotopic (exact) mass is 168 g/mol. The molecular weight excluding hydrogens is 152 g/mol. The van der Waals surface area contributed by atoms with E-state index in [0.717, 1.165) is 18.9 Å². The van der Waals surface area contributed by atoms with E-state index >= 15 is 0 Å². The summed E-state index contributed by atoms with van der Waals surface area (Å²) in [5, 5.41) is 0. The highest BCUT2D eigenvalue weighted by atomic mass is 16.5. The summed E-state index contributed by atoms with van der Waals surface area (Å²) in [4.78, 5) is 4.39. The van der Waals surface area contributed by atoms with Crippen molar-refractivity contribution in [1.82, 2.24) is 0 Å². The van der Waals surface area contributed by atoms with Gasteiger partial charge >= 0.3 is 0 Å². The molecule has 1 saturated heterocycles. The zero-order valence-electron chi connectivity index (χ0n) is 7.49. The lowest BCUT2D eigenvalue weighted by Gasteiger charge is -2.13. The second kappa shape index (κ2) is 3.05. The van der Waals surface area contributed by atoms with Crippen molar-refractivity contribution in [2.75, 3.05) is 6.61 Å². The molecule has 0 aromatic carbocycles. The molecule has 1 aliphatic carbocycles. The molecule has 1 aliphatic heterocycles. The van der Waals surface area contributed by atoms with E-state index in [1.165, 1.54) is 12.8 Å². The summed E-state index contributed by atoms with van der Waals surface area (Å²) in [6.45, 7) is 2.71. The summed E-state index contributed by atoms with van der Waals surface area (Å²) >= 11 is 0. The number of ether oxygens (including phenoxy) is 1. The van der Waals surface area contributed by atoms with Crippen molar-refractivity contribution in [2.24, 2.45) is 16.6 Å². The molecule has 2 unspecified atom stereocenters. The largest absolute Gasteiger partial charge is 0.388 e. The molecule has 0 spiro atoms. The number of aliphatic imine (C=N–C) groups is 1. The first-order valence-corrected chi connectivity index (χ1v) is 4.69. The molecule has 2 atom stereocenters. The normalized spacial score (nSPS) is 37.2. The third-order valence-corrected chi connectivity index (χ3v) is 2.56. The van der Waals surface area contributed by atoms with Crippen molar-refractivity contribution in [2.45, 2.75) is 38.3 Å². The van der Waals surface area contributed by atoms with Gasteiger partial charge in [0.25, 0.3) is 0 Å². The number of nitrogens with zero attached hydrogens (tertiary/aromatic N) is 1. The fourth-order valence-electron chi connectivity index (χ4n) is 1.87. The molecule has 3 nitrogen and oxygen atoms in total. The van der Waals surface area contributed by atoms with Crippen molar-refractivity contribution in [3.63, 3.8) is 0 Å². The fraction of sp³-hybridized carbons (Fsp3) is 0.889. The highest BCUT2D eigenvalue weighted by Crippen LogP contribution is 2.39. The molecular formula is C9H16N2O. The highest BCUT2D eigenvalue weighted by molar-refractivity contribution is 5.77. The number of rotatable bonds is 2. The van der Waals surface area contributed by atoms with Gasteiger partial charge in [-0.3, -0.25) is 4.99 Å². The summed E-state index contributed by atoms with van der Waals surface area (Å²) in [5.41, 5.74) is 5.55. The molecule has 2 N–H and O–H groups in total. The maximum atomic E-state index is 5.63. The quantitative estimate of drug-likeness (QED) is 0.492. The average Bonchev–Trinajstić information content (AvgIpc) is 2.73. The van der Waals surface area contributed by atoms with Crippen LogP contribution < -0.4 is 5.73 Å². The summed E-state index contributed by atoms with van der Waals surface area (Å²) in [7, 11) is 0. The van der Waals surface area contributed by atoms with Gasteiger partial charge < -0.3 is 10.5 Å². The number of amidine groups is 1. The molecule has 0 aromatic heterocycles. The van der Waals surface area contributed by atoms with Crippen molar-refractivity contribution >= 4 is 5.84 Å². The lowest BCUT2D eigenvalue weighted by atomic mass is 10.1. The highest BCUT2D eigenvalue weighted by Gasteiger charge is 2.40. The maximum Gasteiger partial charge on any atom is 0.0910 e. The standard InChI is InChI=1S/C9H16N2O/c1-6(10)11-8-4-5-12-9(8)7-2-3-7/h7-9H,2-5H2,1H3,(H2,10,11). The average molecular weight is 168 g/mol. The zero-order chi connectivity index (χ0) is 8.55. The van der Waals surface area contributed by atoms with Gasteiger partial charge in [-0.1, -0.05) is 0 Å². The van der Waals surface area contributed by atoms with Crippen molar-refractivity contribution < 1.29 is 4.74 Å². The number of hydrogen-bond acceptors (Lipinski definition) is 2. The Balaban J connectivity index is 1.98. The Hall–Kier alpha value is -0.570. The van der Waals surface area contributed by atoms with Crippen LogP contribution in [0.4, 0.5) is 0 Å². The lowest BCUT2D eigenvalue weighted by Crippen LogP contribution is -2.24. The van der Waals surface area contributed by atoms with Gasteiger partial charge in [-0.15, -0.1) is 0 Å². The molecule has 0 amide bonds. The molecule has 3 heteroatoms. The van der Waals surface area contributed by atoms with Gasteiger partial charge in [0.15, 0.2) is 0 Å². The van der Waals surface area contributed by atoms with Gasteiger partial charge in [-0.05, 0) is 32.1 Å². The molecule has 1 saturated carbocycles. The Morgan fingerprint density at radius 2 is 2.17 bits per heavy atom. The Bertz CT molecular complexity index is 195. The van der Waals surface area contributed by atoms with E-state index in [0.29, 0.717) is 18.0 Å². The van der Waals surface area contributed by atoms with E-state index in [4.69, 9.17) is 10.5 Å². The van der Waals surface area contributed by atoms with Gasteiger partial charge in [0.2, 0.25) is 0 Å². The smallest absolute Gasteiger partial charge is 0.0910 e. The third kappa shape index (κ3) is 1.61. The molecule has 0 aromatic rings. The van der Waals surface area contributed by atoms with Crippen molar-refractivity contribution in [3.8, 4) is 0 Å². The van der Waals surface area contributed by atoms with Crippen LogP contribution in [0.3, 0.4) is 0 Å². The number of hydrogen-bond donors (Lipinski definition) is 1. The van der Waals surface area contributed by atoms with E-state index in [2.05, 4.69) is 4.99 Å². The summed E-state index contributed by atoms with van der Waals surface area (Å²) in [6, 6.07) is 0.350. The number of nitrogens with two attached hydrogens (primary N) is 1. The Kier molecular flexibility index (Phi) is 2.05. The van der Waals surface area contributed by atoms with E-state index in [9.17, 15) is 0 Å². The molecule has 1 heterocycles. The first kappa shape index (κ1) is 8.05. The Morgan fingerprint density at radius 1 is 1.42 bits per heavy atom. The first-order valence-electron chi connectivity index (χ1n) is 4.69. The Labute approximate surface area is 73.0 Å². The summed E-state index contributed by atoms with van der Waals surface area (Å²) in [5.74, 6) is 1.47. The van der Waals surface area contributed by atoms with Gasteiger partial charge in [-0.2, -0.15) is 0 Å². The minimum atomic E-state index is 0.350. The van der Waals surface area contributed by atoms with Crippen LogP contribution in [0.15, 0.2) is 4.99 Å². The van der Waals surface area contributed by atoms with Crippen LogP contribution in [0.25, 0.3) is 0 Å². The van der Waals surface area contributed by atoms with Crippen LogP contribution in [0, 0.1) is 5.92 Å². The molecule has 2 aliphatic rings. The van der Waals surface area contributed by atoms with Crippen LogP contribution in [0.1, 0.15) is 26.2 Å². The van der Waals surface area contributed by atoms with Crippen LogP contribution >= 0.6 is 0 Å². The van der Waals surface area contributed by atoms with Gasteiger partial charge in [-0.25, -0.2) is 0 Å². The second-order valence-corrected chi connectivity index (χ2v) is 3.80. The minimum absolute atomic E-state index is 0.350. The summed E-state index contributed by atoms with van der Waals surface area (Å²) in [6.07, 6.45) is 4.07. The lowest BCUT2D eigenvalue weighted by molar-refractivity contribution is 0.0875. The van der Waals surface area contributed by atoms with E-state index in [1.807, 2.05) is 6.92 Å². The Morgan fingerprint density at radius 3 is 2.75 bits per heavy atom. The summed E-state index contributed by atoms with van der Waals surface area (Å²) < 4.78 is 5.63. The molecule has 2 fully saturated rings. The molecule has 68 valence electrons. The third-order valence-electron chi connectivity index (χ3n) is 2.56. The van der Waals surface area contributed by atoms with Crippen LogP contribution in [-0.4, -0.2) is 24.6 Å². The molecule has 0 bridgehead atoms. The molecule has 2 rings (SSSR count).